The first-order valence-corrected chi connectivity index (χ1v) is 6.97. The number of carbonyl (C=O) groups excluding carboxylic acids is 2. The molecular formula is C13H25N3O2. The second-order valence-corrected chi connectivity index (χ2v) is 5.02. The fourth-order valence-electron chi connectivity index (χ4n) is 2.36. The van der Waals surface area contributed by atoms with Crippen LogP contribution in [0, 0.1) is 5.92 Å². The van der Waals surface area contributed by atoms with Crippen molar-refractivity contribution in [3.8, 4) is 0 Å². The van der Waals surface area contributed by atoms with Gasteiger partial charge in [0.1, 0.15) is 0 Å². The molecule has 1 aliphatic heterocycles. The van der Waals surface area contributed by atoms with Gasteiger partial charge in [0.25, 0.3) is 0 Å². The van der Waals surface area contributed by atoms with Crippen molar-refractivity contribution >= 4 is 11.8 Å². The van der Waals surface area contributed by atoms with E-state index in [4.69, 9.17) is 5.84 Å². The Kier molecular flexibility index (Phi) is 6.72. The maximum Gasteiger partial charge on any atom is 0.239 e. The van der Waals surface area contributed by atoms with Crippen LogP contribution in [0.5, 0.6) is 0 Å². The molecule has 0 aromatic heterocycles. The number of hydrogen-bond acceptors (Lipinski definition) is 3. The summed E-state index contributed by atoms with van der Waals surface area (Å²) in [6.45, 7) is 3.50. The lowest BCUT2D eigenvalue weighted by molar-refractivity contribution is -0.129. The van der Waals surface area contributed by atoms with Crippen LogP contribution < -0.4 is 11.3 Å². The molecule has 1 rings (SSSR count). The van der Waals surface area contributed by atoms with E-state index >= 15 is 0 Å². The van der Waals surface area contributed by atoms with Crippen molar-refractivity contribution < 1.29 is 9.59 Å². The van der Waals surface area contributed by atoms with E-state index in [0.29, 0.717) is 13.0 Å². The predicted octanol–water partition coefficient (Wildman–Crippen LogP) is 1.19. The van der Waals surface area contributed by atoms with Gasteiger partial charge in [-0.3, -0.25) is 15.0 Å². The molecule has 0 aromatic carbocycles. The highest BCUT2D eigenvalue weighted by Crippen LogP contribution is 2.18. The van der Waals surface area contributed by atoms with Gasteiger partial charge in [0, 0.05) is 19.5 Å². The molecule has 0 aromatic rings. The smallest absolute Gasteiger partial charge is 0.239 e. The average Bonchev–Trinajstić information content (AvgIpc) is 2.74. The third-order valence-electron chi connectivity index (χ3n) is 3.51. The largest absolute Gasteiger partial charge is 0.342 e. The number of amides is 2. The van der Waals surface area contributed by atoms with Gasteiger partial charge in [-0.05, 0) is 6.42 Å². The van der Waals surface area contributed by atoms with Crippen molar-refractivity contribution in [1.29, 1.82) is 0 Å². The molecule has 1 heterocycles. The summed E-state index contributed by atoms with van der Waals surface area (Å²) in [5, 5.41) is 0. The molecule has 3 N–H and O–H groups in total. The number of unbranched alkanes of at least 4 members (excludes halogenated alkanes) is 5. The summed E-state index contributed by atoms with van der Waals surface area (Å²) < 4.78 is 0. The number of nitrogens with one attached hydrogen (secondary N) is 1. The Morgan fingerprint density at radius 2 is 2.00 bits per heavy atom. The molecule has 1 fully saturated rings. The van der Waals surface area contributed by atoms with E-state index in [1.165, 1.54) is 25.7 Å². The fourth-order valence-corrected chi connectivity index (χ4v) is 2.36. The van der Waals surface area contributed by atoms with Crippen LogP contribution in [0.25, 0.3) is 0 Å². The summed E-state index contributed by atoms with van der Waals surface area (Å²) in [5.74, 6) is 4.67. The van der Waals surface area contributed by atoms with E-state index in [0.717, 1.165) is 19.4 Å². The van der Waals surface area contributed by atoms with E-state index in [2.05, 4.69) is 12.3 Å². The Balaban J connectivity index is 2.15. The van der Waals surface area contributed by atoms with Crippen molar-refractivity contribution in [2.75, 3.05) is 13.1 Å². The fraction of sp³-hybridized carbons (Fsp3) is 0.846. The Morgan fingerprint density at radius 3 is 2.67 bits per heavy atom. The number of hydrogen-bond donors (Lipinski definition) is 2. The summed E-state index contributed by atoms with van der Waals surface area (Å²) in [4.78, 5) is 24.8. The standard InChI is InChI=1S/C13H25N3O2/c1-2-3-4-5-6-7-8-16-10-11(9-12(16)17)13(18)15-14/h11H,2-10,14H2,1H3,(H,15,18). The van der Waals surface area contributed by atoms with Crippen molar-refractivity contribution in [2.24, 2.45) is 11.8 Å². The van der Waals surface area contributed by atoms with Crippen LogP contribution >= 0.6 is 0 Å². The van der Waals surface area contributed by atoms with Crippen LogP contribution in [0.4, 0.5) is 0 Å². The first kappa shape index (κ1) is 15.0. The normalized spacial score (nSPS) is 19.3. The predicted molar refractivity (Wildman–Crippen MR) is 70.4 cm³/mol. The highest BCUT2D eigenvalue weighted by Gasteiger charge is 2.33. The van der Waals surface area contributed by atoms with Crippen molar-refractivity contribution in [3.63, 3.8) is 0 Å². The SMILES string of the molecule is CCCCCCCCN1CC(C(=O)NN)CC1=O. The minimum Gasteiger partial charge on any atom is -0.342 e. The Bertz CT molecular complexity index is 281. The number of likely N-dealkylation sites (tertiary alicyclic amines) is 1. The van der Waals surface area contributed by atoms with Gasteiger partial charge in [0.05, 0.1) is 5.92 Å². The molecule has 1 aliphatic rings. The van der Waals surface area contributed by atoms with E-state index in [-0.39, 0.29) is 17.7 Å². The molecule has 0 spiro atoms. The van der Waals surface area contributed by atoms with Crippen LogP contribution in [0.3, 0.4) is 0 Å². The highest BCUT2D eigenvalue weighted by atomic mass is 16.2. The lowest BCUT2D eigenvalue weighted by Gasteiger charge is -2.16. The zero-order chi connectivity index (χ0) is 13.4. The molecule has 2 amide bonds. The van der Waals surface area contributed by atoms with Crippen LogP contribution in [0.15, 0.2) is 0 Å². The van der Waals surface area contributed by atoms with E-state index in [1.54, 1.807) is 4.90 Å². The molecule has 0 saturated carbocycles. The van der Waals surface area contributed by atoms with Gasteiger partial charge in [0.15, 0.2) is 0 Å². The van der Waals surface area contributed by atoms with E-state index < -0.39 is 0 Å². The molecule has 104 valence electrons. The molecule has 18 heavy (non-hydrogen) atoms. The monoisotopic (exact) mass is 255 g/mol. The number of nitrogens with zero attached hydrogens (tertiary/aromatic N) is 1. The van der Waals surface area contributed by atoms with Crippen molar-refractivity contribution in [1.82, 2.24) is 10.3 Å². The lowest BCUT2D eigenvalue weighted by Crippen LogP contribution is -2.37. The van der Waals surface area contributed by atoms with Gasteiger partial charge in [-0.1, -0.05) is 39.0 Å². The Hall–Kier alpha value is -1.10. The maximum atomic E-state index is 11.7. The molecule has 1 saturated heterocycles. The quantitative estimate of drug-likeness (QED) is 0.296. The van der Waals surface area contributed by atoms with Crippen LogP contribution in [-0.4, -0.2) is 29.8 Å². The maximum absolute atomic E-state index is 11.7. The van der Waals surface area contributed by atoms with Gasteiger partial charge in [-0.25, -0.2) is 5.84 Å². The highest BCUT2D eigenvalue weighted by molar-refractivity contribution is 5.88. The van der Waals surface area contributed by atoms with Crippen molar-refractivity contribution in [2.45, 2.75) is 51.9 Å². The third kappa shape index (κ3) is 4.64. The second-order valence-electron chi connectivity index (χ2n) is 5.02. The first-order chi connectivity index (χ1) is 8.69. The molecule has 0 aliphatic carbocycles. The number of hydrazine groups is 1. The lowest BCUT2D eigenvalue weighted by atomic mass is 10.1. The summed E-state index contributed by atoms with van der Waals surface area (Å²) >= 11 is 0. The topological polar surface area (TPSA) is 75.4 Å². The van der Waals surface area contributed by atoms with E-state index in [9.17, 15) is 9.59 Å². The minimum absolute atomic E-state index is 0.0807. The summed E-state index contributed by atoms with van der Waals surface area (Å²) in [6, 6.07) is 0. The number of carbonyl (C=O) groups is 2. The third-order valence-corrected chi connectivity index (χ3v) is 3.51. The van der Waals surface area contributed by atoms with E-state index in [1.807, 2.05) is 0 Å². The van der Waals surface area contributed by atoms with Gasteiger partial charge in [0.2, 0.25) is 11.8 Å². The molecule has 0 bridgehead atoms. The molecule has 1 unspecified atom stereocenters. The Morgan fingerprint density at radius 1 is 1.33 bits per heavy atom. The molecule has 1 atom stereocenters. The van der Waals surface area contributed by atoms with Crippen LogP contribution in [0.1, 0.15) is 51.9 Å². The number of nitrogens with two attached hydrogens (primary N) is 1. The molecular weight excluding hydrogens is 230 g/mol. The first-order valence-electron chi connectivity index (χ1n) is 6.97. The van der Waals surface area contributed by atoms with Gasteiger partial charge in [-0.2, -0.15) is 0 Å². The van der Waals surface area contributed by atoms with Gasteiger partial charge >= 0.3 is 0 Å². The minimum atomic E-state index is -0.261. The average molecular weight is 255 g/mol. The summed E-state index contributed by atoms with van der Waals surface area (Å²) in [5.41, 5.74) is 2.12. The zero-order valence-corrected chi connectivity index (χ0v) is 11.3. The Labute approximate surface area is 109 Å². The second kappa shape index (κ2) is 8.08. The van der Waals surface area contributed by atoms with Gasteiger partial charge < -0.3 is 4.90 Å². The molecule has 5 nitrogen and oxygen atoms in total. The van der Waals surface area contributed by atoms with Crippen molar-refractivity contribution in [3.05, 3.63) is 0 Å². The number of rotatable bonds is 8. The summed E-state index contributed by atoms with van der Waals surface area (Å²) in [6.07, 6.45) is 7.57. The van der Waals surface area contributed by atoms with Crippen LogP contribution in [0.2, 0.25) is 0 Å². The molecule has 5 heteroatoms. The molecule has 0 radical (unpaired) electrons. The zero-order valence-electron chi connectivity index (χ0n) is 11.3. The summed E-state index contributed by atoms with van der Waals surface area (Å²) in [7, 11) is 0. The van der Waals surface area contributed by atoms with Gasteiger partial charge in [-0.15, -0.1) is 0 Å². The van der Waals surface area contributed by atoms with Crippen LogP contribution in [-0.2, 0) is 9.59 Å².